The minimum Gasteiger partial charge on any atom is -0.313 e. The van der Waals surface area contributed by atoms with Crippen molar-refractivity contribution >= 4 is 11.3 Å². The van der Waals surface area contributed by atoms with Gasteiger partial charge in [-0.25, -0.2) is 0 Å². The summed E-state index contributed by atoms with van der Waals surface area (Å²) in [6, 6.07) is 2.88. The van der Waals surface area contributed by atoms with Crippen molar-refractivity contribution in [2.24, 2.45) is 0 Å². The van der Waals surface area contributed by atoms with Crippen LogP contribution in [0.4, 0.5) is 0 Å². The maximum absolute atomic E-state index is 3.47. The molecule has 2 nitrogen and oxygen atoms in total. The van der Waals surface area contributed by atoms with E-state index in [1.165, 1.54) is 19.5 Å². The molecule has 2 rings (SSSR count). The molecule has 0 fully saturated rings. The average Bonchev–Trinajstić information content (AvgIpc) is 2.64. The molecule has 0 saturated carbocycles. The molecular formula is C12H20N2S. The van der Waals surface area contributed by atoms with Crippen LogP contribution in [0.1, 0.15) is 24.3 Å². The predicted molar refractivity (Wildman–Crippen MR) is 66.4 cm³/mol. The molecule has 1 aliphatic rings. The van der Waals surface area contributed by atoms with Gasteiger partial charge in [0, 0.05) is 37.1 Å². The lowest BCUT2D eigenvalue weighted by molar-refractivity contribution is 0.253. The summed E-state index contributed by atoms with van der Waals surface area (Å²) < 4.78 is 0. The third-order valence-electron chi connectivity index (χ3n) is 2.87. The normalized spacial score (nSPS) is 17.0. The van der Waals surface area contributed by atoms with E-state index in [1.54, 1.807) is 10.4 Å². The molecule has 84 valence electrons. The topological polar surface area (TPSA) is 15.3 Å². The minimum atomic E-state index is 0.603. The lowest BCUT2D eigenvalue weighted by Gasteiger charge is -2.27. The Morgan fingerprint density at radius 1 is 1.53 bits per heavy atom. The van der Waals surface area contributed by atoms with Crippen molar-refractivity contribution in [1.82, 2.24) is 10.2 Å². The van der Waals surface area contributed by atoms with Gasteiger partial charge in [-0.3, -0.25) is 4.90 Å². The molecule has 0 aromatic carbocycles. The number of hydrogen-bond donors (Lipinski definition) is 1. The van der Waals surface area contributed by atoms with Crippen LogP contribution in [0.5, 0.6) is 0 Å². The van der Waals surface area contributed by atoms with Gasteiger partial charge in [0.25, 0.3) is 0 Å². The molecule has 1 aromatic heterocycles. The van der Waals surface area contributed by atoms with Crippen LogP contribution in [-0.2, 0) is 13.0 Å². The highest BCUT2D eigenvalue weighted by molar-refractivity contribution is 7.10. The SMILES string of the molecule is CC(C)NCCN1CCc2sccc2C1. The maximum atomic E-state index is 3.47. The van der Waals surface area contributed by atoms with E-state index in [0.29, 0.717) is 6.04 Å². The molecule has 0 saturated heterocycles. The molecule has 0 radical (unpaired) electrons. The molecule has 0 amide bonds. The quantitative estimate of drug-likeness (QED) is 0.842. The summed E-state index contributed by atoms with van der Waals surface area (Å²) in [6.07, 6.45) is 1.24. The van der Waals surface area contributed by atoms with E-state index in [9.17, 15) is 0 Å². The fraction of sp³-hybridized carbons (Fsp3) is 0.667. The highest BCUT2D eigenvalue weighted by Crippen LogP contribution is 2.23. The van der Waals surface area contributed by atoms with Crippen LogP contribution < -0.4 is 5.32 Å². The highest BCUT2D eigenvalue weighted by Gasteiger charge is 2.16. The van der Waals surface area contributed by atoms with Gasteiger partial charge in [0.2, 0.25) is 0 Å². The van der Waals surface area contributed by atoms with Crippen molar-refractivity contribution in [1.29, 1.82) is 0 Å². The van der Waals surface area contributed by atoms with E-state index < -0.39 is 0 Å². The fourth-order valence-electron chi connectivity index (χ4n) is 2.01. The van der Waals surface area contributed by atoms with Crippen molar-refractivity contribution in [3.8, 4) is 0 Å². The second-order valence-electron chi connectivity index (χ2n) is 4.50. The Morgan fingerprint density at radius 2 is 2.40 bits per heavy atom. The molecule has 1 aromatic rings. The van der Waals surface area contributed by atoms with E-state index in [1.807, 2.05) is 11.3 Å². The van der Waals surface area contributed by atoms with Crippen molar-refractivity contribution in [2.75, 3.05) is 19.6 Å². The van der Waals surface area contributed by atoms with Gasteiger partial charge in [-0.2, -0.15) is 0 Å². The van der Waals surface area contributed by atoms with E-state index in [4.69, 9.17) is 0 Å². The molecule has 0 spiro atoms. The Morgan fingerprint density at radius 3 is 3.20 bits per heavy atom. The van der Waals surface area contributed by atoms with Crippen molar-refractivity contribution in [3.63, 3.8) is 0 Å². The van der Waals surface area contributed by atoms with Gasteiger partial charge < -0.3 is 5.32 Å². The van der Waals surface area contributed by atoms with Crippen LogP contribution in [0, 0.1) is 0 Å². The van der Waals surface area contributed by atoms with Crippen LogP contribution in [0.3, 0.4) is 0 Å². The Labute approximate surface area is 96.3 Å². The smallest absolute Gasteiger partial charge is 0.0245 e. The molecule has 0 bridgehead atoms. The number of hydrogen-bond acceptors (Lipinski definition) is 3. The lowest BCUT2D eigenvalue weighted by atomic mass is 10.1. The van der Waals surface area contributed by atoms with Gasteiger partial charge >= 0.3 is 0 Å². The van der Waals surface area contributed by atoms with Gasteiger partial charge in [0.05, 0.1) is 0 Å². The molecule has 1 aliphatic heterocycles. The van der Waals surface area contributed by atoms with Gasteiger partial charge in [0.1, 0.15) is 0 Å². The number of nitrogens with one attached hydrogen (secondary N) is 1. The van der Waals surface area contributed by atoms with Crippen molar-refractivity contribution in [2.45, 2.75) is 32.9 Å². The van der Waals surface area contributed by atoms with Crippen LogP contribution in [0.25, 0.3) is 0 Å². The summed E-state index contributed by atoms with van der Waals surface area (Å²) in [4.78, 5) is 4.15. The summed E-state index contributed by atoms with van der Waals surface area (Å²) in [5, 5.41) is 5.69. The summed E-state index contributed by atoms with van der Waals surface area (Å²) in [5.74, 6) is 0. The molecule has 3 heteroatoms. The second-order valence-corrected chi connectivity index (χ2v) is 5.50. The van der Waals surface area contributed by atoms with E-state index >= 15 is 0 Å². The van der Waals surface area contributed by atoms with E-state index in [-0.39, 0.29) is 0 Å². The Balaban J connectivity index is 1.78. The first kappa shape index (κ1) is 11.1. The van der Waals surface area contributed by atoms with Crippen LogP contribution in [0.2, 0.25) is 0 Å². The third-order valence-corrected chi connectivity index (χ3v) is 3.89. The monoisotopic (exact) mass is 224 g/mol. The average molecular weight is 224 g/mol. The summed E-state index contributed by atoms with van der Waals surface area (Å²) >= 11 is 1.91. The first-order chi connectivity index (χ1) is 7.25. The molecule has 0 unspecified atom stereocenters. The number of fused-ring (bicyclic) bond motifs is 1. The molecule has 1 N–H and O–H groups in total. The molecule has 2 heterocycles. The van der Waals surface area contributed by atoms with Gasteiger partial charge in [-0.15, -0.1) is 11.3 Å². The van der Waals surface area contributed by atoms with Crippen molar-refractivity contribution < 1.29 is 0 Å². The van der Waals surface area contributed by atoms with Crippen LogP contribution in [-0.4, -0.2) is 30.6 Å². The lowest BCUT2D eigenvalue weighted by Crippen LogP contribution is -2.37. The number of nitrogens with zero attached hydrogens (tertiary/aromatic N) is 1. The van der Waals surface area contributed by atoms with Crippen molar-refractivity contribution in [3.05, 3.63) is 21.9 Å². The Bertz CT molecular complexity index is 306. The summed E-state index contributed by atoms with van der Waals surface area (Å²) in [6.45, 7) is 9.07. The number of thiophene rings is 1. The zero-order valence-electron chi connectivity index (χ0n) is 9.62. The summed E-state index contributed by atoms with van der Waals surface area (Å²) in [7, 11) is 0. The largest absolute Gasteiger partial charge is 0.313 e. The fourth-order valence-corrected chi connectivity index (χ4v) is 2.90. The maximum Gasteiger partial charge on any atom is 0.0245 e. The van der Waals surface area contributed by atoms with E-state index in [2.05, 4.69) is 35.5 Å². The first-order valence-corrected chi connectivity index (χ1v) is 6.64. The first-order valence-electron chi connectivity index (χ1n) is 5.76. The Kier molecular flexibility index (Phi) is 3.78. The summed E-state index contributed by atoms with van der Waals surface area (Å²) in [5.41, 5.74) is 1.55. The molecule has 15 heavy (non-hydrogen) atoms. The second kappa shape index (κ2) is 5.10. The molecule has 0 atom stereocenters. The number of rotatable bonds is 4. The Hall–Kier alpha value is -0.380. The molecule has 0 aliphatic carbocycles. The van der Waals surface area contributed by atoms with Gasteiger partial charge in [-0.05, 0) is 23.4 Å². The minimum absolute atomic E-state index is 0.603. The highest BCUT2D eigenvalue weighted by atomic mass is 32.1. The standard InChI is InChI=1S/C12H20N2S/c1-10(2)13-5-7-14-6-3-12-11(9-14)4-8-15-12/h4,8,10,13H,3,5-7,9H2,1-2H3. The van der Waals surface area contributed by atoms with Gasteiger partial charge in [0.15, 0.2) is 0 Å². The molecular weight excluding hydrogens is 204 g/mol. The predicted octanol–water partition coefficient (Wildman–Crippen LogP) is 2.10. The zero-order valence-corrected chi connectivity index (χ0v) is 10.4. The third kappa shape index (κ3) is 3.03. The van der Waals surface area contributed by atoms with Gasteiger partial charge in [-0.1, -0.05) is 13.8 Å². The van der Waals surface area contributed by atoms with E-state index in [0.717, 1.165) is 13.1 Å². The zero-order chi connectivity index (χ0) is 10.7. The van der Waals surface area contributed by atoms with Crippen LogP contribution >= 0.6 is 11.3 Å². The van der Waals surface area contributed by atoms with Crippen LogP contribution in [0.15, 0.2) is 11.4 Å².